The minimum Gasteiger partial charge on any atom is -0.378 e. The summed E-state index contributed by atoms with van der Waals surface area (Å²) in [5.74, 6) is 0. The molecule has 1 unspecified atom stereocenters. The maximum atomic E-state index is 6.00. The Balaban J connectivity index is 1.74. The smallest absolute Gasteiger partial charge is 0.0851 e. The summed E-state index contributed by atoms with van der Waals surface area (Å²) >= 11 is 6.00. The first-order chi connectivity index (χ1) is 11.2. The summed E-state index contributed by atoms with van der Waals surface area (Å²) in [5, 5.41) is 4.23. The number of ether oxygens (including phenoxy) is 2. The SMILES string of the molecule is CO[C@@H]1CNCCC1N1C[C@H](C)OC[C@@H]1Cc1ccc(Cl)cc1. The minimum absolute atomic E-state index is 0.252. The highest BCUT2D eigenvalue weighted by Crippen LogP contribution is 2.24. The maximum Gasteiger partial charge on any atom is 0.0851 e. The summed E-state index contributed by atoms with van der Waals surface area (Å²) in [4.78, 5) is 2.62. The number of nitrogens with zero attached hydrogens (tertiary/aromatic N) is 1. The molecule has 3 rings (SSSR count). The van der Waals surface area contributed by atoms with Gasteiger partial charge in [0.1, 0.15) is 0 Å². The molecule has 5 heteroatoms. The van der Waals surface area contributed by atoms with Gasteiger partial charge in [-0.25, -0.2) is 0 Å². The third-order valence-corrected chi connectivity index (χ3v) is 5.27. The number of hydrogen-bond donors (Lipinski definition) is 1. The minimum atomic E-state index is 0.252. The number of methoxy groups -OCH3 is 1. The van der Waals surface area contributed by atoms with Gasteiger partial charge in [0.2, 0.25) is 0 Å². The summed E-state index contributed by atoms with van der Waals surface area (Å²) in [6.07, 6.45) is 2.65. The number of hydrogen-bond acceptors (Lipinski definition) is 4. The van der Waals surface area contributed by atoms with E-state index in [0.29, 0.717) is 12.1 Å². The van der Waals surface area contributed by atoms with Crippen LogP contribution in [-0.2, 0) is 15.9 Å². The quantitative estimate of drug-likeness (QED) is 0.913. The zero-order valence-corrected chi connectivity index (χ0v) is 14.8. The molecule has 128 valence electrons. The van der Waals surface area contributed by atoms with Gasteiger partial charge in [0.15, 0.2) is 0 Å². The number of halogens is 1. The molecule has 23 heavy (non-hydrogen) atoms. The van der Waals surface area contributed by atoms with Crippen molar-refractivity contribution in [2.45, 2.75) is 44.1 Å². The molecule has 1 aromatic rings. The molecule has 0 aliphatic carbocycles. The highest BCUT2D eigenvalue weighted by atomic mass is 35.5. The molecule has 4 nitrogen and oxygen atoms in total. The molecule has 1 N–H and O–H groups in total. The van der Waals surface area contributed by atoms with E-state index in [1.54, 1.807) is 0 Å². The Bertz CT molecular complexity index is 496. The zero-order chi connectivity index (χ0) is 16.2. The van der Waals surface area contributed by atoms with Crippen molar-refractivity contribution in [1.29, 1.82) is 0 Å². The lowest BCUT2D eigenvalue weighted by atomic mass is 9.95. The van der Waals surface area contributed by atoms with Crippen molar-refractivity contribution in [2.75, 3.05) is 33.4 Å². The van der Waals surface area contributed by atoms with Crippen LogP contribution >= 0.6 is 11.6 Å². The van der Waals surface area contributed by atoms with E-state index >= 15 is 0 Å². The zero-order valence-electron chi connectivity index (χ0n) is 14.0. The van der Waals surface area contributed by atoms with Crippen LogP contribution in [-0.4, -0.2) is 62.5 Å². The molecule has 2 heterocycles. The van der Waals surface area contributed by atoms with Gasteiger partial charge in [-0.2, -0.15) is 0 Å². The van der Waals surface area contributed by atoms with Gasteiger partial charge in [-0.1, -0.05) is 23.7 Å². The van der Waals surface area contributed by atoms with E-state index < -0.39 is 0 Å². The second-order valence-corrected chi connectivity index (χ2v) is 7.10. The first kappa shape index (κ1) is 17.2. The molecule has 0 amide bonds. The molecule has 0 spiro atoms. The van der Waals surface area contributed by atoms with Crippen molar-refractivity contribution < 1.29 is 9.47 Å². The number of nitrogens with one attached hydrogen (secondary N) is 1. The molecular weight excluding hydrogens is 312 g/mol. The first-order valence-corrected chi connectivity index (χ1v) is 8.90. The number of benzene rings is 1. The van der Waals surface area contributed by atoms with Crippen LogP contribution < -0.4 is 5.32 Å². The molecule has 1 aromatic carbocycles. The number of rotatable bonds is 4. The molecule has 2 aliphatic rings. The van der Waals surface area contributed by atoms with Gasteiger partial charge in [-0.15, -0.1) is 0 Å². The Hall–Kier alpha value is -0.650. The second-order valence-electron chi connectivity index (χ2n) is 6.66. The average molecular weight is 339 g/mol. The molecule has 0 aromatic heterocycles. The van der Waals surface area contributed by atoms with E-state index in [1.165, 1.54) is 5.56 Å². The Kier molecular flexibility index (Phi) is 5.94. The van der Waals surface area contributed by atoms with E-state index in [9.17, 15) is 0 Å². The fraction of sp³-hybridized carbons (Fsp3) is 0.667. The Morgan fingerprint density at radius 2 is 2.13 bits per heavy atom. The summed E-state index contributed by atoms with van der Waals surface area (Å²) < 4.78 is 11.7. The van der Waals surface area contributed by atoms with Crippen molar-refractivity contribution in [3.63, 3.8) is 0 Å². The molecule has 0 bridgehead atoms. The maximum absolute atomic E-state index is 6.00. The topological polar surface area (TPSA) is 33.7 Å². The molecule has 0 radical (unpaired) electrons. The van der Waals surface area contributed by atoms with Crippen molar-refractivity contribution in [3.05, 3.63) is 34.9 Å². The van der Waals surface area contributed by atoms with Gasteiger partial charge in [0.25, 0.3) is 0 Å². The van der Waals surface area contributed by atoms with Gasteiger partial charge in [-0.05, 0) is 44.0 Å². The predicted molar refractivity (Wildman–Crippen MR) is 93.1 cm³/mol. The van der Waals surface area contributed by atoms with Gasteiger partial charge < -0.3 is 14.8 Å². The van der Waals surface area contributed by atoms with Gasteiger partial charge >= 0.3 is 0 Å². The van der Waals surface area contributed by atoms with Gasteiger partial charge in [0.05, 0.1) is 18.8 Å². The standard InChI is InChI=1S/C18H27ClN2O2/c1-13-11-21(17-7-8-20-10-18(17)22-2)16(12-23-13)9-14-3-5-15(19)6-4-14/h3-6,13,16-18,20H,7-12H2,1-2H3/t13-,16-,17?,18+/m0/s1. The van der Waals surface area contributed by atoms with Crippen LogP contribution in [0.25, 0.3) is 0 Å². The fourth-order valence-corrected chi connectivity index (χ4v) is 3.91. The lowest BCUT2D eigenvalue weighted by molar-refractivity contribution is -0.103. The first-order valence-electron chi connectivity index (χ1n) is 8.52. The Morgan fingerprint density at radius 3 is 2.87 bits per heavy atom. The summed E-state index contributed by atoms with van der Waals surface area (Å²) in [5.41, 5.74) is 1.31. The largest absolute Gasteiger partial charge is 0.378 e. The lowest BCUT2D eigenvalue weighted by Gasteiger charge is -2.47. The molecular formula is C18H27ClN2O2. The highest BCUT2D eigenvalue weighted by molar-refractivity contribution is 6.30. The van der Waals surface area contributed by atoms with Crippen molar-refractivity contribution in [2.24, 2.45) is 0 Å². The summed E-state index contributed by atoms with van der Waals surface area (Å²) in [7, 11) is 1.82. The average Bonchev–Trinajstić information content (AvgIpc) is 2.58. The molecule has 0 saturated carbocycles. The van der Waals surface area contributed by atoms with Crippen LogP contribution in [0.1, 0.15) is 18.9 Å². The van der Waals surface area contributed by atoms with E-state index in [2.05, 4.69) is 29.3 Å². The van der Waals surface area contributed by atoms with Crippen LogP contribution in [0.4, 0.5) is 0 Å². The van der Waals surface area contributed by atoms with E-state index in [1.807, 2.05) is 19.2 Å². The monoisotopic (exact) mass is 338 g/mol. The number of piperidine rings is 1. The fourth-order valence-electron chi connectivity index (χ4n) is 3.78. The van der Waals surface area contributed by atoms with Gasteiger partial charge in [-0.3, -0.25) is 4.90 Å². The van der Waals surface area contributed by atoms with Gasteiger partial charge in [0, 0.05) is 37.3 Å². The normalized spacial score (nSPS) is 32.8. The van der Waals surface area contributed by atoms with Crippen LogP contribution in [0.5, 0.6) is 0 Å². The molecule has 2 fully saturated rings. The highest BCUT2D eigenvalue weighted by Gasteiger charge is 2.37. The predicted octanol–water partition coefficient (Wildman–Crippen LogP) is 2.35. The Morgan fingerprint density at radius 1 is 1.35 bits per heavy atom. The molecule has 4 atom stereocenters. The Labute approximate surface area is 144 Å². The van der Waals surface area contributed by atoms with Crippen molar-refractivity contribution in [1.82, 2.24) is 10.2 Å². The number of morpholine rings is 1. The van der Waals surface area contributed by atoms with Crippen LogP contribution in [0.2, 0.25) is 5.02 Å². The second kappa shape index (κ2) is 7.95. The van der Waals surface area contributed by atoms with E-state index in [4.69, 9.17) is 21.1 Å². The molecule has 2 saturated heterocycles. The molecule has 2 aliphatic heterocycles. The summed E-state index contributed by atoms with van der Waals surface area (Å²) in [6.45, 7) is 5.91. The van der Waals surface area contributed by atoms with E-state index in [0.717, 1.165) is 44.1 Å². The van der Waals surface area contributed by atoms with Crippen molar-refractivity contribution >= 4 is 11.6 Å². The third kappa shape index (κ3) is 4.25. The van der Waals surface area contributed by atoms with Crippen LogP contribution in [0.3, 0.4) is 0 Å². The third-order valence-electron chi connectivity index (χ3n) is 5.01. The summed E-state index contributed by atoms with van der Waals surface area (Å²) in [6, 6.07) is 9.04. The van der Waals surface area contributed by atoms with Crippen LogP contribution in [0, 0.1) is 0 Å². The van der Waals surface area contributed by atoms with Crippen molar-refractivity contribution in [3.8, 4) is 0 Å². The van der Waals surface area contributed by atoms with E-state index in [-0.39, 0.29) is 12.2 Å². The lowest BCUT2D eigenvalue weighted by Crippen LogP contribution is -2.61. The van der Waals surface area contributed by atoms with Crippen LogP contribution in [0.15, 0.2) is 24.3 Å².